The minimum Gasteiger partial charge on any atom is -0.481 e. The summed E-state index contributed by atoms with van der Waals surface area (Å²) in [6, 6.07) is 0. The van der Waals surface area contributed by atoms with Gasteiger partial charge in [-0.25, -0.2) is 4.72 Å². The molecule has 2 N–H and O–H groups in total. The van der Waals surface area contributed by atoms with E-state index in [9.17, 15) is 18.3 Å². The Kier molecular flexibility index (Phi) is 5.40. The van der Waals surface area contributed by atoms with Gasteiger partial charge in [-0.1, -0.05) is 19.3 Å². The molecule has 1 saturated carbocycles. The van der Waals surface area contributed by atoms with Crippen molar-refractivity contribution in [1.29, 1.82) is 0 Å². The quantitative estimate of drug-likeness (QED) is 0.799. The summed E-state index contributed by atoms with van der Waals surface area (Å²) in [4.78, 5) is 11.2. The molecule has 1 aliphatic heterocycles. The van der Waals surface area contributed by atoms with E-state index in [4.69, 9.17) is 0 Å². The lowest BCUT2D eigenvalue weighted by atomic mass is 9.79. The van der Waals surface area contributed by atoms with Crippen molar-refractivity contribution in [3.8, 4) is 0 Å². The molecule has 20 heavy (non-hydrogen) atoms. The molecule has 2 fully saturated rings. The van der Waals surface area contributed by atoms with E-state index in [0.29, 0.717) is 19.5 Å². The molecule has 2 atom stereocenters. The van der Waals surface area contributed by atoms with Gasteiger partial charge in [0.2, 0.25) is 0 Å². The van der Waals surface area contributed by atoms with Crippen LogP contribution in [0, 0.1) is 11.8 Å². The van der Waals surface area contributed by atoms with E-state index in [1.807, 2.05) is 0 Å². The second kappa shape index (κ2) is 6.87. The van der Waals surface area contributed by atoms with Crippen LogP contribution < -0.4 is 4.72 Å². The van der Waals surface area contributed by atoms with E-state index in [1.165, 1.54) is 4.31 Å². The molecule has 116 valence electrons. The number of hydrogen-bond acceptors (Lipinski definition) is 3. The van der Waals surface area contributed by atoms with Gasteiger partial charge in [0.1, 0.15) is 0 Å². The molecule has 0 radical (unpaired) electrons. The highest BCUT2D eigenvalue weighted by Gasteiger charge is 2.32. The van der Waals surface area contributed by atoms with Gasteiger partial charge in [0.15, 0.2) is 0 Å². The van der Waals surface area contributed by atoms with Crippen LogP contribution in [-0.2, 0) is 15.0 Å². The third kappa shape index (κ3) is 3.93. The van der Waals surface area contributed by atoms with Crippen molar-refractivity contribution in [3.05, 3.63) is 0 Å². The molecule has 0 amide bonds. The van der Waals surface area contributed by atoms with Crippen LogP contribution in [0.15, 0.2) is 0 Å². The smallest absolute Gasteiger partial charge is 0.306 e. The molecule has 2 rings (SSSR count). The van der Waals surface area contributed by atoms with Crippen molar-refractivity contribution in [3.63, 3.8) is 0 Å². The second-order valence-corrected chi connectivity index (χ2v) is 7.56. The van der Waals surface area contributed by atoms with Gasteiger partial charge >= 0.3 is 5.97 Å². The molecule has 0 spiro atoms. The first-order valence-corrected chi connectivity index (χ1v) is 8.92. The van der Waals surface area contributed by atoms with Crippen molar-refractivity contribution in [2.24, 2.45) is 11.8 Å². The van der Waals surface area contributed by atoms with Crippen molar-refractivity contribution < 1.29 is 18.3 Å². The molecule has 0 aromatic heterocycles. The van der Waals surface area contributed by atoms with Gasteiger partial charge in [-0.15, -0.1) is 0 Å². The van der Waals surface area contributed by atoms with Crippen LogP contribution in [0.1, 0.15) is 44.9 Å². The zero-order valence-electron chi connectivity index (χ0n) is 11.8. The second-order valence-electron chi connectivity index (χ2n) is 5.80. The fourth-order valence-corrected chi connectivity index (χ4v) is 4.53. The summed E-state index contributed by atoms with van der Waals surface area (Å²) in [5, 5.41) is 9.20. The van der Waals surface area contributed by atoms with E-state index in [1.54, 1.807) is 0 Å². The Bertz CT molecular complexity index is 432. The number of carbonyl (C=O) groups is 1. The first-order chi connectivity index (χ1) is 9.50. The Morgan fingerprint density at radius 1 is 1.10 bits per heavy atom. The number of piperidine rings is 1. The molecule has 2 aliphatic rings. The van der Waals surface area contributed by atoms with Gasteiger partial charge in [-0.05, 0) is 31.6 Å². The van der Waals surface area contributed by atoms with Gasteiger partial charge in [0.25, 0.3) is 10.2 Å². The van der Waals surface area contributed by atoms with Crippen LogP contribution in [-0.4, -0.2) is 43.4 Å². The number of nitrogens with zero attached hydrogens (tertiary/aromatic N) is 1. The largest absolute Gasteiger partial charge is 0.481 e. The highest BCUT2D eigenvalue weighted by atomic mass is 32.2. The lowest BCUT2D eigenvalue weighted by Crippen LogP contribution is -2.46. The van der Waals surface area contributed by atoms with Gasteiger partial charge in [-0.2, -0.15) is 12.7 Å². The lowest BCUT2D eigenvalue weighted by Gasteiger charge is -2.30. The predicted molar refractivity (Wildman–Crippen MR) is 75.4 cm³/mol. The van der Waals surface area contributed by atoms with Gasteiger partial charge in [0.05, 0.1) is 5.92 Å². The normalized spacial score (nSPS) is 29.2. The summed E-state index contributed by atoms with van der Waals surface area (Å²) >= 11 is 0. The number of carboxylic acids is 1. The maximum Gasteiger partial charge on any atom is 0.306 e. The Hall–Kier alpha value is -0.660. The standard InChI is InChI=1S/C13H24N2O4S/c16-13(17)12-7-3-2-6-11(12)10-14-20(18,19)15-8-4-1-5-9-15/h11-12,14H,1-10H2,(H,16,17). The van der Waals surface area contributed by atoms with Gasteiger partial charge in [0, 0.05) is 19.6 Å². The van der Waals surface area contributed by atoms with Gasteiger partial charge < -0.3 is 5.11 Å². The van der Waals surface area contributed by atoms with Crippen molar-refractivity contribution in [1.82, 2.24) is 9.03 Å². The van der Waals surface area contributed by atoms with Crippen LogP contribution in [0.4, 0.5) is 0 Å². The predicted octanol–water partition coefficient (Wildman–Crippen LogP) is 1.20. The van der Waals surface area contributed by atoms with Crippen molar-refractivity contribution in [2.45, 2.75) is 44.9 Å². The van der Waals surface area contributed by atoms with E-state index in [0.717, 1.165) is 38.5 Å². The molecule has 0 aromatic rings. The molecular weight excluding hydrogens is 280 g/mol. The Labute approximate surface area is 120 Å². The van der Waals surface area contributed by atoms with Crippen LogP contribution in [0.3, 0.4) is 0 Å². The first-order valence-electron chi connectivity index (χ1n) is 7.48. The van der Waals surface area contributed by atoms with Crippen LogP contribution in [0.5, 0.6) is 0 Å². The third-order valence-corrected chi connectivity index (χ3v) is 5.99. The van der Waals surface area contributed by atoms with Crippen molar-refractivity contribution >= 4 is 16.2 Å². The molecular formula is C13H24N2O4S. The van der Waals surface area contributed by atoms with E-state index < -0.39 is 22.1 Å². The molecule has 2 unspecified atom stereocenters. The fraction of sp³-hybridized carbons (Fsp3) is 0.923. The molecule has 1 heterocycles. The highest BCUT2D eigenvalue weighted by molar-refractivity contribution is 7.87. The zero-order valence-corrected chi connectivity index (χ0v) is 12.6. The fourth-order valence-electron chi connectivity index (χ4n) is 3.19. The summed E-state index contributed by atoms with van der Waals surface area (Å²) in [7, 11) is -3.44. The number of carboxylic acid groups (broad SMARTS) is 1. The van der Waals surface area contributed by atoms with Crippen LogP contribution >= 0.6 is 0 Å². The molecule has 6 nitrogen and oxygen atoms in total. The molecule has 7 heteroatoms. The number of nitrogens with one attached hydrogen (secondary N) is 1. The number of rotatable bonds is 5. The lowest BCUT2D eigenvalue weighted by molar-refractivity contribution is -0.144. The summed E-state index contributed by atoms with van der Waals surface area (Å²) in [6.07, 6.45) is 6.25. The molecule has 0 aromatic carbocycles. The Morgan fingerprint density at radius 2 is 1.75 bits per heavy atom. The van der Waals surface area contributed by atoms with Crippen LogP contribution in [0.25, 0.3) is 0 Å². The maximum absolute atomic E-state index is 12.2. The summed E-state index contributed by atoms with van der Waals surface area (Å²) < 4.78 is 28.4. The molecule has 1 saturated heterocycles. The monoisotopic (exact) mass is 304 g/mol. The molecule has 1 aliphatic carbocycles. The van der Waals surface area contributed by atoms with Gasteiger partial charge in [-0.3, -0.25) is 4.79 Å². The SMILES string of the molecule is O=C(O)C1CCCCC1CNS(=O)(=O)N1CCCCC1. The number of hydrogen-bond donors (Lipinski definition) is 2. The minimum atomic E-state index is -3.44. The average molecular weight is 304 g/mol. The summed E-state index contributed by atoms with van der Waals surface area (Å²) in [6.45, 7) is 1.39. The first kappa shape index (κ1) is 15.7. The van der Waals surface area contributed by atoms with E-state index in [2.05, 4.69) is 4.72 Å². The summed E-state index contributed by atoms with van der Waals surface area (Å²) in [5.74, 6) is -1.29. The van der Waals surface area contributed by atoms with Crippen LogP contribution in [0.2, 0.25) is 0 Å². The van der Waals surface area contributed by atoms with E-state index in [-0.39, 0.29) is 12.5 Å². The van der Waals surface area contributed by atoms with E-state index >= 15 is 0 Å². The average Bonchev–Trinajstić information content (AvgIpc) is 2.46. The Morgan fingerprint density at radius 3 is 2.40 bits per heavy atom. The number of aliphatic carboxylic acids is 1. The maximum atomic E-state index is 12.2. The molecule has 0 bridgehead atoms. The highest BCUT2D eigenvalue weighted by Crippen LogP contribution is 2.30. The zero-order chi connectivity index (χ0) is 14.6. The topological polar surface area (TPSA) is 86.7 Å². The minimum absolute atomic E-state index is 0.0826. The summed E-state index contributed by atoms with van der Waals surface area (Å²) in [5.41, 5.74) is 0. The Balaban J connectivity index is 1.90. The third-order valence-electron chi connectivity index (χ3n) is 4.41. The van der Waals surface area contributed by atoms with Crippen molar-refractivity contribution in [2.75, 3.05) is 19.6 Å².